The number of aromatic nitrogens is 1. The molecule has 3 aromatic rings. The molecule has 1 heterocycles. The Balaban J connectivity index is 1.72. The van der Waals surface area contributed by atoms with Crippen molar-refractivity contribution in [3.63, 3.8) is 0 Å². The Hall–Kier alpha value is -3.28. The predicted octanol–water partition coefficient (Wildman–Crippen LogP) is 4.59. The van der Waals surface area contributed by atoms with E-state index in [0.29, 0.717) is 17.1 Å². The molecule has 3 rings (SSSR count). The molecule has 1 aromatic heterocycles. The molecule has 132 valence electrons. The zero-order valence-corrected chi connectivity index (χ0v) is 14.0. The Morgan fingerprint density at radius 3 is 2.50 bits per heavy atom. The van der Waals surface area contributed by atoms with Crippen LogP contribution in [0.1, 0.15) is 28.9 Å². The number of rotatable bonds is 5. The fourth-order valence-corrected chi connectivity index (χ4v) is 2.47. The van der Waals surface area contributed by atoms with Crippen LogP contribution >= 0.6 is 0 Å². The first kappa shape index (κ1) is 17.5. The molecule has 1 amide bonds. The molecule has 2 N–H and O–H groups in total. The van der Waals surface area contributed by atoms with Gasteiger partial charge in [0, 0.05) is 23.5 Å². The smallest absolute Gasteiger partial charge is 0.251 e. The van der Waals surface area contributed by atoms with E-state index in [0.717, 1.165) is 17.7 Å². The van der Waals surface area contributed by atoms with Gasteiger partial charge >= 0.3 is 0 Å². The van der Waals surface area contributed by atoms with Crippen LogP contribution in [0.3, 0.4) is 0 Å². The van der Waals surface area contributed by atoms with Crippen molar-refractivity contribution in [1.82, 2.24) is 10.3 Å². The minimum absolute atomic E-state index is 0.153. The van der Waals surface area contributed by atoms with Crippen molar-refractivity contribution in [2.45, 2.75) is 13.0 Å². The third-order valence-electron chi connectivity index (χ3n) is 3.86. The van der Waals surface area contributed by atoms with Gasteiger partial charge in [0.05, 0.1) is 6.04 Å². The van der Waals surface area contributed by atoms with Gasteiger partial charge in [-0.2, -0.15) is 0 Å². The maximum Gasteiger partial charge on any atom is 0.251 e. The first-order chi connectivity index (χ1) is 12.5. The van der Waals surface area contributed by atoms with E-state index >= 15 is 0 Å². The van der Waals surface area contributed by atoms with Crippen molar-refractivity contribution in [2.75, 3.05) is 5.32 Å². The summed E-state index contributed by atoms with van der Waals surface area (Å²) >= 11 is 0. The Bertz CT molecular complexity index is 916. The predicted molar refractivity (Wildman–Crippen MR) is 96.2 cm³/mol. The summed E-state index contributed by atoms with van der Waals surface area (Å²) in [5.41, 5.74) is 1.74. The van der Waals surface area contributed by atoms with Gasteiger partial charge in [-0.1, -0.05) is 30.3 Å². The summed E-state index contributed by atoms with van der Waals surface area (Å²) < 4.78 is 26.3. The molecule has 0 bridgehead atoms. The average molecular weight is 353 g/mol. The minimum atomic E-state index is -0.958. The summed E-state index contributed by atoms with van der Waals surface area (Å²) in [4.78, 5) is 16.6. The van der Waals surface area contributed by atoms with Crippen molar-refractivity contribution in [3.8, 4) is 0 Å². The fraction of sp³-hybridized carbons (Fsp3) is 0.100. The largest absolute Gasteiger partial charge is 0.346 e. The van der Waals surface area contributed by atoms with Crippen LogP contribution in [0.25, 0.3) is 0 Å². The highest BCUT2D eigenvalue weighted by molar-refractivity contribution is 5.95. The van der Waals surface area contributed by atoms with Gasteiger partial charge < -0.3 is 10.6 Å². The number of anilines is 2. The van der Waals surface area contributed by atoms with Gasteiger partial charge in [0.15, 0.2) is 11.6 Å². The van der Waals surface area contributed by atoms with E-state index in [1.165, 1.54) is 12.3 Å². The number of hydrogen-bond donors (Lipinski definition) is 2. The summed E-state index contributed by atoms with van der Waals surface area (Å²) in [7, 11) is 0. The molecule has 0 saturated carbocycles. The van der Waals surface area contributed by atoms with Crippen molar-refractivity contribution < 1.29 is 13.6 Å². The van der Waals surface area contributed by atoms with E-state index in [-0.39, 0.29) is 11.9 Å². The number of halogens is 2. The second kappa shape index (κ2) is 7.74. The monoisotopic (exact) mass is 353 g/mol. The standard InChI is InChI=1S/C20H17F2N3O/c1-13(14-5-3-2-4-6-14)24-20(26)15-9-10-23-19(11-15)25-16-7-8-17(21)18(22)12-16/h2-13H,1H3,(H,23,25)(H,24,26). The van der Waals surface area contributed by atoms with Crippen molar-refractivity contribution >= 4 is 17.4 Å². The van der Waals surface area contributed by atoms with E-state index < -0.39 is 11.6 Å². The lowest BCUT2D eigenvalue weighted by atomic mass is 10.1. The maximum absolute atomic E-state index is 13.3. The average Bonchev–Trinajstić information content (AvgIpc) is 2.65. The van der Waals surface area contributed by atoms with Crippen molar-refractivity contribution in [1.29, 1.82) is 0 Å². The maximum atomic E-state index is 13.3. The zero-order valence-electron chi connectivity index (χ0n) is 14.0. The number of carbonyl (C=O) groups is 1. The molecule has 0 aliphatic heterocycles. The first-order valence-corrected chi connectivity index (χ1v) is 8.07. The molecule has 1 unspecified atom stereocenters. The van der Waals surface area contributed by atoms with Crippen LogP contribution in [0.2, 0.25) is 0 Å². The van der Waals surface area contributed by atoms with Gasteiger partial charge in [0.25, 0.3) is 5.91 Å². The molecule has 0 radical (unpaired) electrons. The van der Waals surface area contributed by atoms with Crippen LogP contribution in [-0.4, -0.2) is 10.9 Å². The van der Waals surface area contributed by atoms with Crippen LogP contribution in [0, 0.1) is 11.6 Å². The highest BCUT2D eigenvalue weighted by Gasteiger charge is 2.12. The van der Waals surface area contributed by atoms with Crippen LogP contribution in [0.15, 0.2) is 66.9 Å². The molecule has 0 spiro atoms. The summed E-state index contributed by atoms with van der Waals surface area (Å²) in [5, 5.41) is 5.77. The highest BCUT2D eigenvalue weighted by atomic mass is 19.2. The van der Waals surface area contributed by atoms with Crippen LogP contribution in [-0.2, 0) is 0 Å². The summed E-state index contributed by atoms with van der Waals surface area (Å²) in [6, 6.07) is 16.0. The minimum Gasteiger partial charge on any atom is -0.346 e. The quantitative estimate of drug-likeness (QED) is 0.705. The molecule has 0 saturated heterocycles. The van der Waals surface area contributed by atoms with Gasteiger partial charge in [0.1, 0.15) is 5.82 Å². The molecule has 0 aliphatic rings. The molecule has 1 atom stereocenters. The van der Waals surface area contributed by atoms with Crippen molar-refractivity contribution in [3.05, 3.63) is 89.6 Å². The molecule has 26 heavy (non-hydrogen) atoms. The number of amides is 1. The van der Waals surface area contributed by atoms with Gasteiger partial charge in [-0.05, 0) is 36.8 Å². The Labute approximate surface area is 149 Å². The molecule has 0 aliphatic carbocycles. The highest BCUT2D eigenvalue weighted by Crippen LogP contribution is 2.19. The van der Waals surface area contributed by atoms with Crippen LogP contribution in [0.4, 0.5) is 20.3 Å². The molecular weight excluding hydrogens is 336 g/mol. The van der Waals surface area contributed by atoms with E-state index in [9.17, 15) is 13.6 Å². The molecule has 2 aromatic carbocycles. The molecule has 0 fully saturated rings. The summed E-state index contributed by atoms with van der Waals surface area (Å²) in [5.74, 6) is -1.78. The number of pyridine rings is 1. The fourth-order valence-electron chi connectivity index (χ4n) is 2.47. The number of carbonyl (C=O) groups excluding carboxylic acids is 1. The SMILES string of the molecule is CC(NC(=O)c1ccnc(Nc2ccc(F)c(F)c2)c1)c1ccccc1. The number of hydrogen-bond acceptors (Lipinski definition) is 3. The van der Waals surface area contributed by atoms with Crippen molar-refractivity contribution in [2.24, 2.45) is 0 Å². The van der Waals surface area contributed by atoms with Gasteiger partial charge in [-0.15, -0.1) is 0 Å². The second-order valence-electron chi connectivity index (χ2n) is 5.79. The Kier molecular flexibility index (Phi) is 5.22. The normalized spacial score (nSPS) is 11.7. The Morgan fingerprint density at radius 1 is 1.00 bits per heavy atom. The zero-order chi connectivity index (χ0) is 18.5. The molecule has 4 nitrogen and oxygen atoms in total. The lowest BCUT2D eigenvalue weighted by Crippen LogP contribution is -2.26. The van der Waals surface area contributed by atoms with E-state index in [1.54, 1.807) is 12.1 Å². The summed E-state index contributed by atoms with van der Waals surface area (Å²) in [6.07, 6.45) is 1.48. The lowest BCUT2D eigenvalue weighted by Gasteiger charge is -2.14. The Morgan fingerprint density at radius 2 is 1.77 bits per heavy atom. The first-order valence-electron chi connectivity index (χ1n) is 8.07. The molecular formula is C20H17F2N3O. The van der Waals surface area contributed by atoms with Gasteiger partial charge in [-0.3, -0.25) is 4.79 Å². The topological polar surface area (TPSA) is 54.0 Å². The second-order valence-corrected chi connectivity index (χ2v) is 5.79. The van der Waals surface area contributed by atoms with Crippen LogP contribution in [0.5, 0.6) is 0 Å². The lowest BCUT2D eigenvalue weighted by molar-refractivity contribution is 0.0940. The van der Waals surface area contributed by atoms with E-state index in [2.05, 4.69) is 15.6 Å². The van der Waals surface area contributed by atoms with Gasteiger partial charge in [0.2, 0.25) is 0 Å². The number of nitrogens with zero attached hydrogens (tertiary/aromatic N) is 1. The van der Waals surface area contributed by atoms with E-state index in [1.807, 2.05) is 37.3 Å². The van der Waals surface area contributed by atoms with E-state index in [4.69, 9.17) is 0 Å². The van der Waals surface area contributed by atoms with Crippen LogP contribution < -0.4 is 10.6 Å². The summed E-state index contributed by atoms with van der Waals surface area (Å²) in [6.45, 7) is 1.90. The third-order valence-corrected chi connectivity index (χ3v) is 3.86. The van der Waals surface area contributed by atoms with Gasteiger partial charge in [-0.25, -0.2) is 13.8 Å². The number of nitrogens with one attached hydrogen (secondary N) is 2. The molecule has 6 heteroatoms. The number of benzene rings is 2. The third kappa shape index (κ3) is 4.22.